The van der Waals surface area contributed by atoms with Gasteiger partial charge in [0.1, 0.15) is 5.75 Å². The molecule has 1 atom stereocenters. The van der Waals surface area contributed by atoms with Gasteiger partial charge in [-0.2, -0.15) is 13.2 Å². The number of ether oxygens (including phenoxy) is 1. The molecule has 0 bridgehead atoms. The molecular formula is C29H37F3N2O4S. The minimum absolute atomic E-state index is 0.00343. The van der Waals surface area contributed by atoms with E-state index in [0.29, 0.717) is 18.1 Å². The van der Waals surface area contributed by atoms with E-state index in [1.807, 2.05) is 12.1 Å². The monoisotopic (exact) mass is 566 g/mol. The molecule has 0 spiro atoms. The number of urea groups is 1. The van der Waals surface area contributed by atoms with Gasteiger partial charge < -0.3 is 20.5 Å². The van der Waals surface area contributed by atoms with Gasteiger partial charge in [-0.1, -0.05) is 39.0 Å². The zero-order valence-electron chi connectivity index (χ0n) is 22.5. The summed E-state index contributed by atoms with van der Waals surface area (Å²) in [5.41, 5.74) is -3.01. The molecule has 1 saturated carbocycles. The Morgan fingerprint density at radius 2 is 1.72 bits per heavy atom. The Labute approximate surface area is 232 Å². The van der Waals surface area contributed by atoms with Gasteiger partial charge in [-0.15, -0.1) is 0 Å². The Kier molecular flexibility index (Phi) is 10.6. The van der Waals surface area contributed by atoms with Crippen molar-refractivity contribution in [2.75, 3.05) is 11.9 Å². The number of anilines is 1. The number of alkyl halides is 3. The van der Waals surface area contributed by atoms with E-state index in [1.165, 1.54) is 18.2 Å². The standard InChI is InChI=1S/C29H37F3N2O4S/c1-28(2,3)21-13-9-19(10-14-21)26(20-11-15-23(16-12-20)38-17-5-8-25(35)36)34-27(37)33-22-6-4-7-24(18-22)39-29(30,31)32/h4,6-7,11-12,15-16,18-19,21,26H,5,8-10,13-14,17H2,1-3H3,(H,35,36)(H2,33,34,37). The SMILES string of the molecule is CC(C)(C)C1CCC(C(NC(=O)Nc2cccc(SC(F)(F)F)c2)c2ccc(OCCCC(=O)O)cc2)CC1. The van der Waals surface area contributed by atoms with Crippen molar-refractivity contribution in [3.63, 3.8) is 0 Å². The maximum atomic E-state index is 13.0. The van der Waals surface area contributed by atoms with Crippen LogP contribution in [0, 0.1) is 17.3 Å². The van der Waals surface area contributed by atoms with Gasteiger partial charge in [0.25, 0.3) is 0 Å². The summed E-state index contributed by atoms with van der Waals surface area (Å²) in [5, 5.41) is 14.5. The van der Waals surface area contributed by atoms with E-state index in [4.69, 9.17) is 9.84 Å². The Morgan fingerprint density at radius 3 is 2.31 bits per heavy atom. The van der Waals surface area contributed by atoms with Crippen LogP contribution in [0.5, 0.6) is 5.75 Å². The van der Waals surface area contributed by atoms with Crippen molar-refractivity contribution in [1.82, 2.24) is 5.32 Å². The maximum absolute atomic E-state index is 13.0. The van der Waals surface area contributed by atoms with E-state index in [-0.39, 0.29) is 52.7 Å². The number of hydrogen-bond acceptors (Lipinski definition) is 4. The number of aliphatic carboxylic acids is 1. The van der Waals surface area contributed by atoms with Crippen LogP contribution in [0.4, 0.5) is 23.7 Å². The summed E-state index contributed by atoms with van der Waals surface area (Å²) in [5.74, 6) is 0.540. The molecule has 2 amide bonds. The zero-order chi connectivity index (χ0) is 28.6. The second kappa shape index (κ2) is 13.5. The molecule has 0 aliphatic heterocycles. The predicted molar refractivity (Wildman–Crippen MR) is 147 cm³/mol. The Morgan fingerprint density at radius 1 is 1.05 bits per heavy atom. The molecular weight excluding hydrogens is 529 g/mol. The summed E-state index contributed by atoms with van der Waals surface area (Å²) in [4.78, 5) is 23.7. The number of carbonyl (C=O) groups excluding carboxylic acids is 1. The Bertz CT molecular complexity index is 1090. The highest BCUT2D eigenvalue weighted by Gasteiger charge is 2.34. The van der Waals surface area contributed by atoms with Crippen molar-refractivity contribution in [2.24, 2.45) is 17.3 Å². The van der Waals surface area contributed by atoms with Crippen molar-refractivity contribution >= 4 is 29.4 Å². The summed E-state index contributed by atoms with van der Waals surface area (Å²) < 4.78 is 44.0. The lowest BCUT2D eigenvalue weighted by Crippen LogP contribution is -2.38. The van der Waals surface area contributed by atoms with Crippen LogP contribution < -0.4 is 15.4 Å². The molecule has 0 radical (unpaired) electrons. The largest absolute Gasteiger partial charge is 0.494 e. The Balaban J connectivity index is 1.71. The molecule has 6 nitrogen and oxygen atoms in total. The van der Waals surface area contributed by atoms with Crippen LogP contribution in [0.15, 0.2) is 53.4 Å². The molecule has 1 aliphatic carbocycles. The van der Waals surface area contributed by atoms with Crippen LogP contribution >= 0.6 is 11.8 Å². The minimum atomic E-state index is -4.41. The fraction of sp³-hybridized carbons (Fsp3) is 0.517. The first kappa shape index (κ1) is 30.7. The number of amides is 2. The van der Waals surface area contributed by atoms with Crippen LogP contribution in [0.2, 0.25) is 0 Å². The summed E-state index contributed by atoms with van der Waals surface area (Å²) in [7, 11) is 0. The molecule has 0 heterocycles. The molecule has 1 aliphatic rings. The molecule has 2 aromatic carbocycles. The summed E-state index contributed by atoms with van der Waals surface area (Å²) in [6.45, 7) is 7.04. The first-order valence-corrected chi connectivity index (χ1v) is 14.0. The molecule has 1 unspecified atom stereocenters. The molecule has 214 valence electrons. The fourth-order valence-electron chi connectivity index (χ4n) is 5.06. The lowest BCUT2D eigenvalue weighted by molar-refractivity contribution is -0.137. The van der Waals surface area contributed by atoms with Gasteiger partial charge in [0.15, 0.2) is 0 Å². The Hall–Kier alpha value is -2.88. The average molecular weight is 567 g/mol. The molecule has 0 saturated heterocycles. The smallest absolute Gasteiger partial charge is 0.446 e. The van der Waals surface area contributed by atoms with E-state index in [1.54, 1.807) is 18.2 Å². The van der Waals surface area contributed by atoms with Gasteiger partial charge >= 0.3 is 17.5 Å². The maximum Gasteiger partial charge on any atom is 0.446 e. The lowest BCUT2D eigenvalue weighted by Gasteiger charge is -2.39. The number of carboxylic acids is 1. The third-order valence-electron chi connectivity index (χ3n) is 7.12. The van der Waals surface area contributed by atoms with Crippen LogP contribution in [-0.2, 0) is 4.79 Å². The van der Waals surface area contributed by atoms with Gasteiger partial charge in [-0.25, -0.2) is 4.79 Å². The molecule has 39 heavy (non-hydrogen) atoms. The molecule has 0 aromatic heterocycles. The van der Waals surface area contributed by atoms with Gasteiger partial charge in [0.05, 0.1) is 12.6 Å². The lowest BCUT2D eigenvalue weighted by atomic mass is 9.68. The van der Waals surface area contributed by atoms with Gasteiger partial charge in [0, 0.05) is 17.0 Å². The molecule has 1 fully saturated rings. The quantitative estimate of drug-likeness (QED) is 0.199. The molecule has 2 aromatic rings. The van der Waals surface area contributed by atoms with Crippen LogP contribution in [-0.4, -0.2) is 29.2 Å². The molecule has 3 N–H and O–H groups in total. The van der Waals surface area contributed by atoms with Crippen LogP contribution in [0.1, 0.15) is 70.9 Å². The number of hydrogen-bond donors (Lipinski definition) is 3. The van der Waals surface area contributed by atoms with Crippen molar-refractivity contribution in [1.29, 1.82) is 0 Å². The van der Waals surface area contributed by atoms with Crippen LogP contribution in [0.25, 0.3) is 0 Å². The second-order valence-corrected chi connectivity index (χ2v) is 12.2. The van der Waals surface area contributed by atoms with Crippen LogP contribution in [0.3, 0.4) is 0 Å². The number of thioether (sulfide) groups is 1. The third-order valence-corrected chi connectivity index (χ3v) is 7.84. The van der Waals surface area contributed by atoms with E-state index < -0.39 is 17.5 Å². The van der Waals surface area contributed by atoms with Crippen molar-refractivity contribution < 1.29 is 32.6 Å². The van der Waals surface area contributed by atoms with Crippen molar-refractivity contribution in [2.45, 2.75) is 75.7 Å². The predicted octanol–water partition coefficient (Wildman–Crippen LogP) is 8.26. The van der Waals surface area contributed by atoms with E-state index >= 15 is 0 Å². The summed E-state index contributed by atoms with van der Waals surface area (Å²) >= 11 is -0.225. The normalized spacial score (nSPS) is 18.7. The molecule has 10 heteroatoms. The number of carbonyl (C=O) groups is 2. The molecule has 3 rings (SSSR count). The minimum Gasteiger partial charge on any atom is -0.494 e. The highest BCUT2D eigenvalue weighted by molar-refractivity contribution is 8.00. The number of nitrogens with one attached hydrogen (secondary N) is 2. The number of halogens is 3. The summed E-state index contributed by atoms with van der Waals surface area (Å²) in [6, 6.07) is 12.3. The van der Waals surface area contributed by atoms with E-state index in [9.17, 15) is 22.8 Å². The number of benzene rings is 2. The van der Waals surface area contributed by atoms with E-state index in [2.05, 4.69) is 31.4 Å². The summed E-state index contributed by atoms with van der Waals surface area (Å²) in [6.07, 6.45) is 4.43. The number of carboxylic acid groups (broad SMARTS) is 1. The van der Waals surface area contributed by atoms with E-state index in [0.717, 1.165) is 31.2 Å². The zero-order valence-corrected chi connectivity index (χ0v) is 23.3. The fourth-order valence-corrected chi connectivity index (χ4v) is 5.66. The van der Waals surface area contributed by atoms with Crippen molar-refractivity contribution in [3.8, 4) is 5.75 Å². The first-order valence-electron chi connectivity index (χ1n) is 13.2. The topological polar surface area (TPSA) is 87.7 Å². The van der Waals surface area contributed by atoms with Gasteiger partial charge in [-0.3, -0.25) is 4.79 Å². The number of rotatable bonds is 10. The van der Waals surface area contributed by atoms with Gasteiger partial charge in [0.2, 0.25) is 0 Å². The second-order valence-electron chi connectivity index (χ2n) is 11.0. The van der Waals surface area contributed by atoms with Gasteiger partial charge in [-0.05, 0) is 97.0 Å². The van der Waals surface area contributed by atoms with Crippen molar-refractivity contribution in [3.05, 3.63) is 54.1 Å². The first-order chi connectivity index (χ1) is 18.3. The third kappa shape index (κ3) is 10.3. The highest BCUT2D eigenvalue weighted by atomic mass is 32.2. The highest BCUT2D eigenvalue weighted by Crippen LogP contribution is 2.44. The average Bonchev–Trinajstić information content (AvgIpc) is 2.84.